The molecular formula is C18H16N2O3S. The summed E-state index contributed by atoms with van der Waals surface area (Å²) in [6.45, 7) is 0. The Kier molecular flexibility index (Phi) is 3.42. The predicted molar refractivity (Wildman–Crippen MR) is 95.0 cm³/mol. The topological polar surface area (TPSA) is 71.2 Å². The number of fused-ring (bicyclic) bond motifs is 5. The van der Waals surface area contributed by atoms with Crippen molar-refractivity contribution in [1.29, 1.82) is 0 Å². The molecule has 0 saturated carbocycles. The number of rotatable bonds is 2. The van der Waals surface area contributed by atoms with Crippen LogP contribution in [0.25, 0.3) is 22.2 Å². The summed E-state index contributed by atoms with van der Waals surface area (Å²) in [4.78, 5) is 16.5. The highest BCUT2D eigenvalue weighted by Crippen LogP contribution is 2.39. The molecule has 1 atom stereocenters. The van der Waals surface area contributed by atoms with E-state index in [4.69, 9.17) is 4.74 Å². The molecule has 0 radical (unpaired) electrons. The maximum Gasteiger partial charge on any atom is 0.228 e. The van der Waals surface area contributed by atoms with E-state index in [1.807, 2.05) is 36.4 Å². The van der Waals surface area contributed by atoms with E-state index in [1.165, 1.54) is 0 Å². The molecule has 4 rings (SSSR count). The second-order valence-corrected chi connectivity index (χ2v) is 7.16. The van der Waals surface area contributed by atoms with Crippen molar-refractivity contribution < 1.29 is 13.7 Å². The van der Waals surface area contributed by atoms with Crippen molar-refractivity contribution in [3.63, 3.8) is 0 Å². The minimum absolute atomic E-state index is 0.0657. The number of amides is 1. The molecule has 1 aliphatic rings. The van der Waals surface area contributed by atoms with Gasteiger partial charge < -0.3 is 15.0 Å². The van der Waals surface area contributed by atoms with Crippen LogP contribution in [0.1, 0.15) is 5.56 Å². The summed E-state index contributed by atoms with van der Waals surface area (Å²) in [5.41, 5.74) is 4.40. The van der Waals surface area contributed by atoms with Gasteiger partial charge in [-0.05, 0) is 42.0 Å². The lowest BCUT2D eigenvalue weighted by Crippen LogP contribution is -2.12. The monoisotopic (exact) mass is 340 g/mol. The highest BCUT2D eigenvalue weighted by molar-refractivity contribution is 7.84. The lowest BCUT2D eigenvalue weighted by molar-refractivity contribution is -0.115. The number of aromatic amines is 1. The fourth-order valence-corrected chi connectivity index (χ4v) is 3.68. The summed E-state index contributed by atoms with van der Waals surface area (Å²) < 4.78 is 17.1. The summed E-state index contributed by atoms with van der Waals surface area (Å²) in [5.74, 6) is 0.661. The molecule has 24 heavy (non-hydrogen) atoms. The summed E-state index contributed by atoms with van der Waals surface area (Å²) in [6.07, 6.45) is 1.92. The lowest BCUT2D eigenvalue weighted by Gasteiger charge is -2.09. The molecule has 0 fully saturated rings. The van der Waals surface area contributed by atoms with E-state index in [2.05, 4.69) is 10.3 Å². The van der Waals surface area contributed by atoms with Crippen LogP contribution in [-0.4, -0.2) is 28.5 Å². The molecule has 2 N–H and O–H groups in total. The van der Waals surface area contributed by atoms with Crippen LogP contribution < -0.4 is 10.1 Å². The Morgan fingerprint density at radius 1 is 1.17 bits per heavy atom. The number of hydrogen-bond donors (Lipinski definition) is 2. The number of hydrogen-bond acceptors (Lipinski definition) is 3. The second kappa shape index (κ2) is 5.49. The molecule has 1 aromatic heterocycles. The van der Waals surface area contributed by atoms with Gasteiger partial charge in [-0.1, -0.05) is 0 Å². The summed E-state index contributed by atoms with van der Waals surface area (Å²) >= 11 is 0. The molecule has 2 heterocycles. The number of anilines is 1. The van der Waals surface area contributed by atoms with E-state index < -0.39 is 10.8 Å². The smallest absolute Gasteiger partial charge is 0.228 e. The number of carbonyl (C=O) groups excluding carboxylic acids is 1. The SMILES string of the molecule is COc1ccc2c(c1)-c1[nH]c3ccc(S(C)=O)cc3c1CC(=O)N2. The van der Waals surface area contributed by atoms with Crippen LogP contribution in [0.15, 0.2) is 41.3 Å². The Morgan fingerprint density at radius 3 is 2.75 bits per heavy atom. The van der Waals surface area contributed by atoms with E-state index in [-0.39, 0.29) is 12.3 Å². The fourth-order valence-electron chi connectivity index (χ4n) is 3.14. The predicted octanol–water partition coefficient (Wildman–Crippen LogP) is 3.08. The number of H-pyrrole nitrogens is 1. The third-order valence-electron chi connectivity index (χ3n) is 4.32. The molecular weight excluding hydrogens is 324 g/mol. The zero-order chi connectivity index (χ0) is 16.8. The Labute approximate surface area is 141 Å². The zero-order valence-corrected chi connectivity index (χ0v) is 14.1. The Bertz CT molecular complexity index is 1010. The van der Waals surface area contributed by atoms with Gasteiger partial charge in [0.15, 0.2) is 0 Å². The highest BCUT2D eigenvalue weighted by atomic mass is 32.2. The van der Waals surface area contributed by atoms with Crippen molar-refractivity contribution >= 4 is 33.3 Å². The Morgan fingerprint density at radius 2 is 2.00 bits per heavy atom. The molecule has 0 bridgehead atoms. The molecule has 122 valence electrons. The van der Waals surface area contributed by atoms with Gasteiger partial charge in [0.1, 0.15) is 5.75 Å². The second-order valence-electron chi connectivity index (χ2n) is 5.78. The number of ether oxygens (including phenoxy) is 1. The van der Waals surface area contributed by atoms with Gasteiger partial charge in [-0.25, -0.2) is 0 Å². The Balaban J connectivity index is 2.03. The van der Waals surface area contributed by atoms with Gasteiger partial charge in [0.2, 0.25) is 5.91 Å². The molecule has 5 nitrogen and oxygen atoms in total. The minimum Gasteiger partial charge on any atom is -0.497 e. The van der Waals surface area contributed by atoms with Crippen LogP contribution in [0.2, 0.25) is 0 Å². The molecule has 3 aromatic rings. The van der Waals surface area contributed by atoms with Crippen LogP contribution in [0.4, 0.5) is 5.69 Å². The summed E-state index contributed by atoms with van der Waals surface area (Å²) in [7, 11) is 0.549. The number of methoxy groups -OCH3 is 1. The lowest BCUT2D eigenvalue weighted by atomic mass is 10.0. The maximum absolute atomic E-state index is 12.3. The molecule has 1 unspecified atom stereocenters. The highest BCUT2D eigenvalue weighted by Gasteiger charge is 2.23. The molecule has 0 aliphatic carbocycles. The van der Waals surface area contributed by atoms with E-state index >= 15 is 0 Å². The average molecular weight is 340 g/mol. The van der Waals surface area contributed by atoms with Gasteiger partial charge in [-0.15, -0.1) is 0 Å². The fraction of sp³-hybridized carbons (Fsp3) is 0.167. The number of aromatic nitrogens is 1. The minimum atomic E-state index is -1.07. The molecule has 0 spiro atoms. The van der Waals surface area contributed by atoms with Crippen LogP contribution >= 0.6 is 0 Å². The van der Waals surface area contributed by atoms with E-state index in [0.717, 1.165) is 44.1 Å². The first-order valence-electron chi connectivity index (χ1n) is 7.53. The molecule has 1 amide bonds. The maximum atomic E-state index is 12.3. The van der Waals surface area contributed by atoms with Crippen molar-refractivity contribution in [3.05, 3.63) is 42.0 Å². The van der Waals surface area contributed by atoms with E-state index in [9.17, 15) is 9.00 Å². The quantitative estimate of drug-likeness (QED) is 0.753. The molecule has 0 saturated heterocycles. The van der Waals surface area contributed by atoms with Gasteiger partial charge in [0, 0.05) is 38.4 Å². The molecule has 6 heteroatoms. The average Bonchev–Trinajstić information content (AvgIpc) is 2.85. The normalized spacial score (nSPS) is 14.5. The van der Waals surface area contributed by atoms with Crippen molar-refractivity contribution in [2.24, 2.45) is 0 Å². The number of benzene rings is 2. The standard InChI is InChI=1S/C18H16N2O3S/c1-23-10-3-5-16-14(7-10)18-13(9-17(21)19-16)12-8-11(24(2)22)4-6-15(12)20-18/h3-8,20H,9H2,1-2H3,(H,19,21). The summed E-state index contributed by atoms with van der Waals surface area (Å²) in [5, 5.41) is 3.87. The van der Waals surface area contributed by atoms with Crippen molar-refractivity contribution in [2.75, 3.05) is 18.7 Å². The van der Waals surface area contributed by atoms with E-state index in [0.29, 0.717) is 0 Å². The Hall–Kier alpha value is -2.60. The number of nitrogens with one attached hydrogen (secondary N) is 2. The van der Waals surface area contributed by atoms with Crippen LogP contribution in [0.3, 0.4) is 0 Å². The van der Waals surface area contributed by atoms with Crippen LogP contribution in [0, 0.1) is 0 Å². The molecule has 1 aliphatic heterocycles. The van der Waals surface area contributed by atoms with Crippen LogP contribution in [-0.2, 0) is 22.0 Å². The summed E-state index contributed by atoms with van der Waals surface area (Å²) in [6, 6.07) is 11.2. The third-order valence-corrected chi connectivity index (χ3v) is 5.23. The van der Waals surface area contributed by atoms with Gasteiger partial charge >= 0.3 is 0 Å². The van der Waals surface area contributed by atoms with Crippen molar-refractivity contribution in [1.82, 2.24) is 4.98 Å². The first kappa shape index (κ1) is 15.0. The molecule has 2 aromatic carbocycles. The van der Waals surface area contributed by atoms with Crippen molar-refractivity contribution in [2.45, 2.75) is 11.3 Å². The third kappa shape index (κ3) is 2.30. The first-order chi connectivity index (χ1) is 11.6. The van der Waals surface area contributed by atoms with E-state index in [1.54, 1.807) is 13.4 Å². The van der Waals surface area contributed by atoms with Gasteiger partial charge in [0.25, 0.3) is 0 Å². The van der Waals surface area contributed by atoms with Gasteiger partial charge in [-0.3, -0.25) is 9.00 Å². The van der Waals surface area contributed by atoms with Crippen LogP contribution in [0.5, 0.6) is 5.75 Å². The van der Waals surface area contributed by atoms with Crippen molar-refractivity contribution in [3.8, 4) is 17.0 Å². The largest absolute Gasteiger partial charge is 0.497 e. The number of carbonyl (C=O) groups is 1. The van der Waals surface area contributed by atoms with Gasteiger partial charge in [-0.2, -0.15) is 0 Å². The first-order valence-corrected chi connectivity index (χ1v) is 9.09. The zero-order valence-electron chi connectivity index (χ0n) is 13.3. The van der Waals surface area contributed by atoms with Gasteiger partial charge in [0.05, 0.1) is 24.9 Å².